The molecule has 0 aliphatic rings. The first-order chi connectivity index (χ1) is 15.7. The van der Waals surface area contributed by atoms with Gasteiger partial charge in [-0.1, -0.05) is 60.7 Å². The maximum Gasteiger partial charge on any atom is 0.268 e. The number of nitrogens with one attached hydrogen (secondary N) is 2. The van der Waals surface area contributed by atoms with Crippen molar-refractivity contribution < 1.29 is 19.1 Å². The second-order valence-electron chi connectivity index (χ2n) is 7.45. The van der Waals surface area contributed by atoms with E-state index in [1.807, 2.05) is 72.8 Å². The quantitative estimate of drug-likeness (QED) is 0.390. The average Bonchev–Trinajstić information content (AvgIpc) is 3.26. The molecule has 1 unspecified atom stereocenters. The highest BCUT2D eigenvalue weighted by atomic mass is 16.5. The second-order valence-corrected chi connectivity index (χ2v) is 7.45. The first kappa shape index (κ1) is 21.2. The first-order valence-electron chi connectivity index (χ1n) is 10.3. The summed E-state index contributed by atoms with van der Waals surface area (Å²) in [4.78, 5) is 27.4. The number of fused-ring (bicyclic) bond motifs is 1. The molecule has 1 aromatic heterocycles. The molecule has 6 heteroatoms. The van der Waals surface area contributed by atoms with Crippen LogP contribution in [0.3, 0.4) is 0 Å². The molecule has 6 nitrogen and oxygen atoms in total. The molecule has 4 aromatic rings. The van der Waals surface area contributed by atoms with E-state index in [9.17, 15) is 9.59 Å². The normalized spacial score (nSPS) is 11.7. The molecule has 2 N–H and O–H groups in total. The third-order valence-electron chi connectivity index (χ3n) is 5.17. The summed E-state index contributed by atoms with van der Waals surface area (Å²) in [5.41, 5.74) is 3.12. The van der Waals surface area contributed by atoms with Gasteiger partial charge < -0.3 is 24.6 Å². The van der Waals surface area contributed by atoms with Gasteiger partial charge in [0.05, 0.1) is 13.2 Å². The van der Waals surface area contributed by atoms with Gasteiger partial charge in [0.15, 0.2) is 11.5 Å². The van der Waals surface area contributed by atoms with Crippen LogP contribution in [0.25, 0.3) is 10.9 Å². The Balaban J connectivity index is 1.50. The Morgan fingerprint density at radius 2 is 1.66 bits per heavy atom. The van der Waals surface area contributed by atoms with Gasteiger partial charge in [-0.2, -0.15) is 0 Å². The van der Waals surface area contributed by atoms with Crippen LogP contribution in [0.4, 0.5) is 0 Å². The third-order valence-corrected chi connectivity index (χ3v) is 5.17. The van der Waals surface area contributed by atoms with Crippen LogP contribution in [-0.2, 0) is 17.8 Å². The highest BCUT2D eigenvalue weighted by Gasteiger charge is 2.17. The van der Waals surface area contributed by atoms with Crippen molar-refractivity contribution in [3.8, 4) is 11.5 Å². The Bertz CT molecular complexity index is 1200. The number of aromatic nitrogens is 1. The van der Waals surface area contributed by atoms with Gasteiger partial charge in [0.2, 0.25) is 0 Å². The van der Waals surface area contributed by atoms with Gasteiger partial charge in [0.1, 0.15) is 18.6 Å². The van der Waals surface area contributed by atoms with Gasteiger partial charge in [0, 0.05) is 17.0 Å². The summed E-state index contributed by atoms with van der Waals surface area (Å²) in [6, 6.07) is 24.2. The number of H-pyrrole nitrogens is 1. The molecule has 1 atom stereocenters. The Morgan fingerprint density at radius 1 is 0.969 bits per heavy atom. The summed E-state index contributed by atoms with van der Waals surface area (Å²) < 4.78 is 11.4. The first-order valence-corrected chi connectivity index (χ1v) is 10.3. The van der Waals surface area contributed by atoms with E-state index in [0.29, 0.717) is 30.2 Å². The number of methoxy groups -OCH3 is 1. The molecule has 0 bridgehead atoms. The molecule has 4 rings (SSSR count). The van der Waals surface area contributed by atoms with E-state index in [2.05, 4.69) is 10.3 Å². The van der Waals surface area contributed by atoms with E-state index in [4.69, 9.17) is 9.47 Å². The molecule has 32 heavy (non-hydrogen) atoms. The zero-order valence-electron chi connectivity index (χ0n) is 17.7. The number of rotatable bonds is 9. The largest absolute Gasteiger partial charge is 0.493 e. The molecule has 3 aromatic carbocycles. The van der Waals surface area contributed by atoms with Gasteiger partial charge in [-0.15, -0.1) is 0 Å². The van der Waals surface area contributed by atoms with Gasteiger partial charge in [0.25, 0.3) is 5.91 Å². The van der Waals surface area contributed by atoms with E-state index < -0.39 is 6.04 Å². The number of aldehydes is 1. The molecule has 1 amide bonds. The minimum absolute atomic E-state index is 0.347. The van der Waals surface area contributed by atoms with Gasteiger partial charge >= 0.3 is 0 Å². The monoisotopic (exact) mass is 428 g/mol. The lowest BCUT2D eigenvalue weighted by atomic mass is 10.1. The molecular weight excluding hydrogens is 404 g/mol. The number of benzene rings is 3. The minimum Gasteiger partial charge on any atom is -0.493 e. The van der Waals surface area contributed by atoms with Crippen LogP contribution in [0.5, 0.6) is 11.5 Å². The van der Waals surface area contributed by atoms with Crippen LogP contribution >= 0.6 is 0 Å². The Labute approximate surface area is 186 Å². The third kappa shape index (κ3) is 4.98. The summed E-state index contributed by atoms with van der Waals surface area (Å²) >= 11 is 0. The highest BCUT2D eigenvalue weighted by molar-refractivity contribution is 5.99. The smallest absolute Gasteiger partial charge is 0.268 e. The van der Waals surface area contributed by atoms with Gasteiger partial charge in [-0.3, -0.25) is 4.79 Å². The van der Waals surface area contributed by atoms with E-state index in [1.54, 1.807) is 13.2 Å². The summed E-state index contributed by atoms with van der Waals surface area (Å²) in [6.07, 6.45) is 1.19. The molecule has 1 heterocycles. The van der Waals surface area contributed by atoms with Crippen LogP contribution in [0, 0.1) is 0 Å². The molecule has 0 aliphatic carbocycles. The molecule has 0 fully saturated rings. The van der Waals surface area contributed by atoms with Gasteiger partial charge in [-0.25, -0.2) is 0 Å². The number of amides is 1. The van der Waals surface area contributed by atoms with E-state index >= 15 is 0 Å². The SMILES string of the molecule is COc1cc2cc(C(=O)NC(C=O)Cc3ccccc3)[nH]c2cc1OCc1ccccc1. The fraction of sp³-hybridized carbons (Fsp3) is 0.154. The van der Waals surface area contributed by atoms with E-state index in [1.165, 1.54) is 0 Å². The Kier molecular flexibility index (Phi) is 6.51. The Hall–Kier alpha value is -4.06. The lowest BCUT2D eigenvalue weighted by molar-refractivity contribution is -0.109. The molecule has 0 aliphatic heterocycles. The Morgan fingerprint density at radius 3 is 2.31 bits per heavy atom. The lowest BCUT2D eigenvalue weighted by Crippen LogP contribution is -2.37. The number of carbonyl (C=O) groups is 2. The van der Waals surface area contributed by atoms with Crippen molar-refractivity contribution in [2.75, 3.05) is 7.11 Å². The van der Waals surface area contributed by atoms with Crippen molar-refractivity contribution >= 4 is 23.1 Å². The van der Waals surface area contributed by atoms with Crippen molar-refractivity contribution in [2.24, 2.45) is 0 Å². The van der Waals surface area contributed by atoms with Crippen molar-refractivity contribution in [3.05, 3.63) is 95.7 Å². The van der Waals surface area contributed by atoms with Crippen LogP contribution in [-0.4, -0.2) is 30.3 Å². The second kappa shape index (κ2) is 9.83. The predicted molar refractivity (Wildman–Crippen MR) is 123 cm³/mol. The van der Waals surface area contributed by atoms with Crippen molar-refractivity contribution in [2.45, 2.75) is 19.1 Å². The number of hydrogen-bond donors (Lipinski definition) is 2. The van der Waals surface area contributed by atoms with Crippen molar-refractivity contribution in [3.63, 3.8) is 0 Å². The number of ether oxygens (including phenoxy) is 2. The number of carbonyl (C=O) groups excluding carboxylic acids is 2. The fourth-order valence-electron chi connectivity index (χ4n) is 3.52. The molecule has 0 saturated heterocycles. The maximum absolute atomic E-state index is 12.8. The maximum atomic E-state index is 12.8. The molecule has 0 saturated carbocycles. The van der Waals surface area contributed by atoms with Crippen LogP contribution in [0.15, 0.2) is 78.9 Å². The van der Waals surface area contributed by atoms with Crippen molar-refractivity contribution in [1.29, 1.82) is 0 Å². The van der Waals surface area contributed by atoms with Crippen LogP contribution in [0.1, 0.15) is 21.6 Å². The number of aromatic amines is 1. The summed E-state index contributed by atoms with van der Waals surface area (Å²) in [5, 5.41) is 3.59. The molecule has 0 spiro atoms. The van der Waals surface area contributed by atoms with Crippen LogP contribution in [0.2, 0.25) is 0 Å². The summed E-state index contributed by atoms with van der Waals surface area (Å²) in [7, 11) is 1.58. The standard InChI is InChI=1S/C26H24N2O4/c1-31-24-14-20-13-23(26(30)27-21(16-29)12-18-8-4-2-5-9-18)28-22(20)15-25(24)32-17-19-10-6-3-7-11-19/h2-11,13-16,21,28H,12,17H2,1H3,(H,27,30). The van der Waals surface area contributed by atoms with Crippen molar-refractivity contribution in [1.82, 2.24) is 10.3 Å². The molecule has 0 radical (unpaired) electrons. The summed E-state index contributed by atoms with van der Waals surface area (Å²) in [6.45, 7) is 0.400. The average molecular weight is 428 g/mol. The molecule has 162 valence electrons. The number of hydrogen-bond acceptors (Lipinski definition) is 4. The van der Waals surface area contributed by atoms with Crippen LogP contribution < -0.4 is 14.8 Å². The van der Waals surface area contributed by atoms with E-state index in [0.717, 1.165) is 28.3 Å². The zero-order valence-corrected chi connectivity index (χ0v) is 17.7. The van der Waals surface area contributed by atoms with E-state index in [-0.39, 0.29) is 5.91 Å². The topological polar surface area (TPSA) is 80.4 Å². The minimum atomic E-state index is -0.615. The zero-order chi connectivity index (χ0) is 22.3. The summed E-state index contributed by atoms with van der Waals surface area (Å²) in [5.74, 6) is 0.807. The lowest BCUT2D eigenvalue weighted by Gasteiger charge is -2.12. The fourth-order valence-corrected chi connectivity index (χ4v) is 3.52. The van der Waals surface area contributed by atoms with Gasteiger partial charge in [-0.05, 0) is 29.7 Å². The highest BCUT2D eigenvalue weighted by Crippen LogP contribution is 2.33. The predicted octanol–water partition coefficient (Wildman–Crippen LogP) is 4.30. The molecular formula is C26H24N2O4.